The number of aryl methyl sites for hydroxylation is 1. The first-order valence-corrected chi connectivity index (χ1v) is 12.6. The van der Waals surface area contributed by atoms with Crippen LogP contribution in [-0.4, -0.2) is 64.7 Å². The third-order valence-corrected chi connectivity index (χ3v) is 7.18. The SMILES string of the molecule is Cc1ccccc1-c1nnc(SCC(=O)N(Cc2ccc(N(C)C)cc2)C[C@H]2CCCO2)n1C. The largest absolute Gasteiger partial charge is 0.378 e. The summed E-state index contributed by atoms with van der Waals surface area (Å²) in [7, 11) is 6.00. The lowest BCUT2D eigenvalue weighted by Gasteiger charge is -2.26. The lowest BCUT2D eigenvalue weighted by Crippen LogP contribution is -2.38. The van der Waals surface area contributed by atoms with E-state index in [9.17, 15) is 4.79 Å². The van der Waals surface area contributed by atoms with Gasteiger partial charge < -0.3 is 19.1 Å². The third kappa shape index (κ3) is 5.80. The van der Waals surface area contributed by atoms with E-state index in [-0.39, 0.29) is 12.0 Å². The van der Waals surface area contributed by atoms with Gasteiger partial charge in [0.25, 0.3) is 0 Å². The molecule has 7 nitrogen and oxygen atoms in total. The average molecular weight is 480 g/mol. The molecule has 1 aliphatic heterocycles. The van der Waals surface area contributed by atoms with Crippen LogP contribution in [0.1, 0.15) is 24.0 Å². The van der Waals surface area contributed by atoms with Crippen LogP contribution in [0.2, 0.25) is 0 Å². The molecular formula is C26H33N5O2S. The summed E-state index contributed by atoms with van der Waals surface area (Å²) in [5, 5.41) is 9.48. The van der Waals surface area contributed by atoms with E-state index < -0.39 is 0 Å². The molecule has 2 aromatic carbocycles. The Kier molecular flexibility index (Phi) is 7.90. The van der Waals surface area contributed by atoms with Gasteiger partial charge in [0.05, 0.1) is 11.9 Å². The maximum absolute atomic E-state index is 13.3. The number of benzene rings is 2. The molecule has 0 unspecified atom stereocenters. The van der Waals surface area contributed by atoms with Crippen LogP contribution in [-0.2, 0) is 23.1 Å². The van der Waals surface area contributed by atoms with E-state index in [2.05, 4.69) is 52.4 Å². The fraction of sp³-hybridized carbons (Fsp3) is 0.423. The molecule has 34 heavy (non-hydrogen) atoms. The van der Waals surface area contributed by atoms with Crippen LogP contribution in [0.25, 0.3) is 11.4 Å². The number of hydrogen-bond donors (Lipinski definition) is 0. The molecule has 0 spiro atoms. The molecule has 8 heteroatoms. The topological polar surface area (TPSA) is 63.5 Å². The summed E-state index contributed by atoms with van der Waals surface area (Å²) in [6.45, 7) is 4.02. The van der Waals surface area contributed by atoms with Crippen LogP contribution < -0.4 is 4.90 Å². The number of thioether (sulfide) groups is 1. The monoisotopic (exact) mass is 479 g/mol. The van der Waals surface area contributed by atoms with Gasteiger partial charge in [0.2, 0.25) is 5.91 Å². The molecule has 2 heterocycles. The summed E-state index contributed by atoms with van der Waals surface area (Å²) in [4.78, 5) is 17.3. The van der Waals surface area contributed by atoms with E-state index in [1.807, 2.05) is 48.8 Å². The van der Waals surface area contributed by atoms with Gasteiger partial charge in [-0.15, -0.1) is 10.2 Å². The highest BCUT2D eigenvalue weighted by Gasteiger charge is 2.24. The molecule has 180 valence electrons. The zero-order chi connectivity index (χ0) is 24.1. The Morgan fingerprint density at radius 3 is 2.59 bits per heavy atom. The van der Waals surface area contributed by atoms with E-state index in [1.54, 1.807) is 0 Å². The Hall–Kier alpha value is -2.84. The maximum atomic E-state index is 13.3. The molecule has 1 atom stereocenters. The third-order valence-electron chi connectivity index (χ3n) is 6.17. The highest BCUT2D eigenvalue weighted by molar-refractivity contribution is 7.99. The lowest BCUT2D eigenvalue weighted by atomic mass is 10.1. The summed E-state index contributed by atoms with van der Waals surface area (Å²) in [5.74, 6) is 1.20. The second-order valence-electron chi connectivity index (χ2n) is 8.94. The number of ether oxygens (including phenoxy) is 1. The molecule has 3 aromatic rings. The molecule has 0 aliphatic carbocycles. The van der Waals surface area contributed by atoms with Gasteiger partial charge in [-0.1, -0.05) is 48.2 Å². The maximum Gasteiger partial charge on any atom is 0.233 e. The van der Waals surface area contributed by atoms with Crippen molar-refractivity contribution in [3.8, 4) is 11.4 Å². The Labute approximate surface area is 206 Å². The lowest BCUT2D eigenvalue weighted by molar-refractivity contribution is -0.130. The van der Waals surface area contributed by atoms with E-state index in [4.69, 9.17) is 4.74 Å². The first-order chi connectivity index (χ1) is 16.4. The fourth-order valence-electron chi connectivity index (χ4n) is 4.13. The van der Waals surface area contributed by atoms with Crippen molar-refractivity contribution in [2.45, 2.75) is 37.6 Å². The molecule has 0 saturated carbocycles. The van der Waals surface area contributed by atoms with Crippen LogP contribution in [0.5, 0.6) is 0 Å². The Morgan fingerprint density at radius 2 is 1.91 bits per heavy atom. The second-order valence-corrected chi connectivity index (χ2v) is 9.88. The van der Waals surface area contributed by atoms with Crippen molar-refractivity contribution in [3.05, 3.63) is 59.7 Å². The summed E-state index contributed by atoms with van der Waals surface area (Å²) in [6.07, 6.45) is 2.16. The van der Waals surface area contributed by atoms with Gasteiger partial charge in [-0.2, -0.15) is 0 Å². The predicted octanol–water partition coefficient (Wildman–Crippen LogP) is 4.16. The average Bonchev–Trinajstić information content (AvgIpc) is 3.47. The number of anilines is 1. The molecule has 0 radical (unpaired) electrons. The number of carbonyl (C=O) groups is 1. The van der Waals surface area contributed by atoms with Crippen molar-refractivity contribution in [1.29, 1.82) is 0 Å². The van der Waals surface area contributed by atoms with Gasteiger partial charge in [-0.05, 0) is 43.0 Å². The number of carbonyl (C=O) groups excluding carboxylic acids is 1. The van der Waals surface area contributed by atoms with E-state index in [0.717, 1.165) is 52.8 Å². The molecule has 1 aliphatic rings. The number of amides is 1. The summed E-state index contributed by atoms with van der Waals surface area (Å²) >= 11 is 1.43. The molecule has 4 rings (SSSR count). The number of nitrogens with zero attached hydrogens (tertiary/aromatic N) is 5. The van der Waals surface area contributed by atoms with Crippen molar-refractivity contribution in [2.75, 3.05) is 37.9 Å². The highest BCUT2D eigenvalue weighted by Crippen LogP contribution is 2.26. The van der Waals surface area contributed by atoms with E-state index in [1.165, 1.54) is 11.8 Å². The first-order valence-electron chi connectivity index (χ1n) is 11.7. The minimum Gasteiger partial charge on any atom is -0.378 e. The van der Waals surface area contributed by atoms with Gasteiger partial charge in [0.1, 0.15) is 0 Å². The molecule has 0 N–H and O–H groups in total. The summed E-state index contributed by atoms with van der Waals surface area (Å²) in [5.41, 5.74) is 4.45. The van der Waals surface area contributed by atoms with Crippen molar-refractivity contribution < 1.29 is 9.53 Å². The first kappa shape index (κ1) is 24.3. The Bertz CT molecular complexity index is 1110. The van der Waals surface area contributed by atoms with Crippen molar-refractivity contribution in [2.24, 2.45) is 7.05 Å². The van der Waals surface area contributed by atoms with Crippen LogP contribution in [0.3, 0.4) is 0 Å². The van der Waals surface area contributed by atoms with Crippen LogP contribution in [0, 0.1) is 6.92 Å². The molecule has 1 aromatic heterocycles. The van der Waals surface area contributed by atoms with Gasteiger partial charge in [-0.3, -0.25) is 4.79 Å². The highest BCUT2D eigenvalue weighted by atomic mass is 32.2. The second kappa shape index (κ2) is 11.1. The minimum absolute atomic E-state index is 0.0811. The quantitative estimate of drug-likeness (QED) is 0.430. The van der Waals surface area contributed by atoms with Gasteiger partial charge in [0, 0.05) is 52.1 Å². The molecule has 1 amide bonds. The fourth-order valence-corrected chi connectivity index (χ4v) is 4.94. The number of hydrogen-bond acceptors (Lipinski definition) is 6. The Morgan fingerprint density at radius 1 is 1.15 bits per heavy atom. The van der Waals surface area contributed by atoms with Gasteiger partial charge in [-0.25, -0.2) is 0 Å². The van der Waals surface area contributed by atoms with Crippen molar-refractivity contribution in [1.82, 2.24) is 19.7 Å². The summed E-state index contributed by atoms with van der Waals surface area (Å²) < 4.78 is 7.80. The van der Waals surface area contributed by atoms with Crippen LogP contribution >= 0.6 is 11.8 Å². The van der Waals surface area contributed by atoms with Gasteiger partial charge in [0.15, 0.2) is 11.0 Å². The van der Waals surface area contributed by atoms with E-state index >= 15 is 0 Å². The number of aromatic nitrogens is 3. The molecular weight excluding hydrogens is 446 g/mol. The van der Waals surface area contributed by atoms with Gasteiger partial charge >= 0.3 is 0 Å². The predicted molar refractivity (Wildman–Crippen MR) is 137 cm³/mol. The summed E-state index contributed by atoms with van der Waals surface area (Å²) in [6, 6.07) is 16.5. The molecule has 0 bridgehead atoms. The van der Waals surface area contributed by atoms with E-state index in [0.29, 0.717) is 18.8 Å². The zero-order valence-corrected chi connectivity index (χ0v) is 21.2. The number of rotatable bonds is 9. The van der Waals surface area contributed by atoms with Crippen molar-refractivity contribution in [3.63, 3.8) is 0 Å². The van der Waals surface area contributed by atoms with Crippen LogP contribution in [0.15, 0.2) is 53.7 Å². The van der Waals surface area contributed by atoms with Crippen molar-refractivity contribution >= 4 is 23.4 Å². The zero-order valence-electron chi connectivity index (χ0n) is 20.4. The molecule has 1 fully saturated rings. The van der Waals surface area contributed by atoms with Crippen LogP contribution in [0.4, 0.5) is 5.69 Å². The standard InChI is InChI=1S/C26H33N5O2S/c1-19-8-5-6-10-23(19)25-27-28-26(30(25)4)34-18-24(32)31(17-22-9-7-15-33-22)16-20-11-13-21(14-12-20)29(2)3/h5-6,8,10-14,22H,7,9,15-18H2,1-4H3/t22-/m1/s1. The molecule has 1 saturated heterocycles. The smallest absolute Gasteiger partial charge is 0.233 e. The minimum atomic E-state index is 0.0811. The normalized spacial score (nSPS) is 15.5. The Balaban J connectivity index is 1.44.